The van der Waals surface area contributed by atoms with E-state index in [9.17, 15) is 8.42 Å². The lowest BCUT2D eigenvalue weighted by molar-refractivity contribution is 0.265. The summed E-state index contributed by atoms with van der Waals surface area (Å²) in [5, 5.41) is 4.05. The van der Waals surface area contributed by atoms with Gasteiger partial charge < -0.3 is 9.26 Å². The van der Waals surface area contributed by atoms with Crippen molar-refractivity contribution in [1.29, 1.82) is 0 Å². The van der Waals surface area contributed by atoms with Gasteiger partial charge in [0, 0.05) is 18.7 Å². The molecule has 25 heavy (non-hydrogen) atoms. The van der Waals surface area contributed by atoms with E-state index in [1.54, 1.807) is 11.4 Å². The SMILES string of the molecule is CCCS(=O)(=O)N1CCC[C@H](c2nc(-c3cccc(OC)c3)no2)C1. The molecule has 0 spiro atoms. The van der Waals surface area contributed by atoms with Gasteiger partial charge in [-0.05, 0) is 31.4 Å². The summed E-state index contributed by atoms with van der Waals surface area (Å²) in [4.78, 5) is 4.49. The predicted octanol–water partition coefficient (Wildman–Crippen LogP) is 2.66. The summed E-state index contributed by atoms with van der Waals surface area (Å²) >= 11 is 0. The number of piperidine rings is 1. The molecule has 1 saturated heterocycles. The monoisotopic (exact) mass is 365 g/mol. The third-order valence-electron chi connectivity index (χ3n) is 4.36. The van der Waals surface area contributed by atoms with Gasteiger partial charge in [-0.2, -0.15) is 4.98 Å². The van der Waals surface area contributed by atoms with Gasteiger partial charge in [0.15, 0.2) is 0 Å². The second-order valence-electron chi connectivity index (χ2n) is 6.20. The van der Waals surface area contributed by atoms with Crippen LogP contribution in [0.3, 0.4) is 0 Å². The molecule has 8 heteroatoms. The summed E-state index contributed by atoms with van der Waals surface area (Å²) in [5.41, 5.74) is 0.806. The first-order valence-electron chi connectivity index (χ1n) is 8.49. The van der Waals surface area contributed by atoms with Crippen LogP contribution in [-0.2, 0) is 10.0 Å². The van der Waals surface area contributed by atoms with Gasteiger partial charge in [0.2, 0.25) is 21.7 Å². The van der Waals surface area contributed by atoms with Gasteiger partial charge in [-0.1, -0.05) is 24.2 Å². The smallest absolute Gasteiger partial charge is 0.231 e. The molecule has 0 radical (unpaired) electrons. The Labute approximate surface area is 148 Å². The second kappa shape index (κ2) is 7.53. The summed E-state index contributed by atoms with van der Waals surface area (Å²) in [6.07, 6.45) is 2.26. The molecule has 2 aromatic rings. The average molecular weight is 365 g/mol. The summed E-state index contributed by atoms with van der Waals surface area (Å²) in [6.45, 7) is 2.84. The highest BCUT2D eigenvalue weighted by atomic mass is 32.2. The molecular formula is C17H23N3O4S. The van der Waals surface area contributed by atoms with Crippen LogP contribution in [0.5, 0.6) is 5.75 Å². The largest absolute Gasteiger partial charge is 0.497 e. The maximum atomic E-state index is 12.3. The molecule has 0 saturated carbocycles. The molecular weight excluding hydrogens is 342 g/mol. The van der Waals surface area contributed by atoms with Crippen LogP contribution < -0.4 is 4.74 Å². The zero-order valence-electron chi connectivity index (χ0n) is 14.5. The number of hydrogen-bond acceptors (Lipinski definition) is 6. The summed E-state index contributed by atoms with van der Waals surface area (Å²) in [5.74, 6) is 1.82. The molecule has 1 fully saturated rings. The van der Waals surface area contributed by atoms with Gasteiger partial charge >= 0.3 is 0 Å². The van der Waals surface area contributed by atoms with Gasteiger partial charge in [0.05, 0.1) is 18.8 Å². The third kappa shape index (κ3) is 4.01. The highest BCUT2D eigenvalue weighted by molar-refractivity contribution is 7.89. The Morgan fingerprint density at radius 2 is 2.24 bits per heavy atom. The fourth-order valence-corrected chi connectivity index (χ4v) is 4.65. The number of benzene rings is 1. The minimum Gasteiger partial charge on any atom is -0.497 e. The van der Waals surface area contributed by atoms with Crippen molar-refractivity contribution in [1.82, 2.24) is 14.4 Å². The van der Waals surface area contributed by atoms with E-state index >= 15 is 0 Å². The van der Waals surface area contributed by atoms with Crippen LogP contribution in [0.4, 0.5) is 0 Å². The molecule has 136 valence electrons. The lowest BCUT2D eigenvalue weighted by atomic mass is 10.00. The Morgan fingerprint density at radius 1 is 1.40 bits per heavy atom. The minimum absolute atomic E-state index is 0.0627. The van der Waals surface area contributed by atoms with Crippen LogP contribution in [0.25, 0.3) is 11.4 Å². The van der Waals surface area contributed by atoms with Crippen molar-refractivity contribution in [3.63, 3.8) is 0 Å². The van der Waals surface area contributed by atoms with E-state index in [0.717, 1.165) is 24.2 Å². The number of nitrogens with zero attached hydrogens (tertiary/aromatic N) is 3. The maximum absolute atomic E-state index is 12.3. The van der Waals surface area contributed by atoms with E-state index in [1.807, 2.05) is 31.2 Å². The van der Waals surface area contributed by atoms with Gasteiger partial charge in [-0.25, -0.2) is 12.7 Å². The van der Waals surface area contributed by atoms with Crippen molar-refractivity contribution < 1.29 is 17.7 Å². The Kier molecular flexibility index (Phi) is 5.39. The standard InChI is InChI=1S/C17H23N3O4S/c1-3-10-25(21,22)20-9-5-7-14(12-20)17-18-16(19-24-17)13-6-4-8-15(11-13)23-2/h4,6,8,11,14H,3,5,7,9-10,12H2,1-2H3/t14-/m0/s1. The van der Waals surface area contributed by atoms with E-state index in [4.69, 9.17) is 9.26 Å². The second-order valence-corrected chi connectivity index (χ2v) is 8.29. The molecule has 1 aromatic carbocycles. The minimum atomic E-state index is -3.20. The first-order chi connectivity index (χ1) is 12.0. The molecule has 0 bridgehead atoms. The Balaban J connectivity index is 1.77. The van der Waals surface area contributed by atoms with Crippen molar-refractivity contribution >= 4 is 10.0 Å². The van der Waals surface area contributed by atoms with Crippen LogP contribution in [-0.4, -0.2) is 48.8 Å². The topological polar surface area (TPSA) is 85.5 Å². The lowest BCUT2D eigenvalue weighted by Crippen LogP contribution is -2.40. The van der Waals surface area contributed by atoms with Crippen LogP contribution in [0, 0.1) is 0 Å². The van der Waals surface area contributed by atoms with Gasteiger partial charge in [-0.15, -0.1) is 0 Å². The van der Waals surface area contributed by atoms with Gasteiger partial charge in [0.25, 0.3) is 0 Å². The van der Waals surface area contributed by atoms with E-state index in [2.05, 4.69) is 10.1 Å². The molecule has 1 aromatic heterocycles. The van der Waals surface area contributed by atoms with Crippen molar-refractivity contribution in [2.24, 2.45) is 0 Å². The summed E-state index contributed by atoms with van der Waals surface area (Å²) in [7, 11) is -1.60. The van der Waals surface area contributed by atoms with E-state index in [-0.39, 0.29) is 11.7 Å². The Morgan fingerprint density at radius 3 is 3.00 bits per heavy atom. The fourth-order valence-electron chi connectivity index (χ4n) is 3.06. The Hall–Kier alpha value is -1.93. The molecule has 3 rings (SSSR count). The zero-order chi connectivity index (χ0) is 17.9. The predicted molar refractivity (Wildman–Crippen MR) is 93.9 cm³/mol. The fraction of sp³-hybridized carbons (Fsp3) is 0.529. The molecule has 0 N–H and O–H groups in total. The number of sulfonamides is 1. The number of hydrogen-bond donors (Lipinski definition) is 0. The quantitative estimate of drug-likeness (QED) is 0.782. The summed E-state index contributed by atoms with van der Waals surface area (Å²) < 4.78 is 36.8. The van der Waals surface area contributed by atoms with Crippen molar-refractivity contribution in [2.45, 2.75) is 32.1 Å². The van der Waals surface area contributed by atoms with Crippen molar-refractivity contribution in [2.75, 3.05) is 26.0 Å². The number of aromatic nitrogens is 2. The lowest BCUT2D eigenvalue weighted by Gasteiger charge is -2.30. The van der Waals surface area contributed by atoms with Crippen molar-refractivity contribution in [3.05, 3.63) is 30.2 Å². The van der Waals surface area contributed by atoms with Crippen LogP contribution in [0.15, 0.2) is 28.8 Å². The third-order valence-corrected chi connectivity index (χ3v) is 6.40. The molecule has 0 aliphatic carbocycles. The first-order valence-corrected chi connectivity index (χ1v) is 10.1. The Bertz CT molecular complexity index is 819. The van der Waals surface area contributed by atoms with Crippen molar-refractivity contribution in [3.8, 4) is 17.1 Å². The highest BCUT2D eigenvalue weighted by Crippen LogP contribution is 2.29. The van der Waals surface area contributed by atoms with Crippen LogP contribution in [0.2, 0.25) is 0 Å². The normalized spacial score (nSPS) is 19.0. The molecule has 7 nitrogen and oxygen atoms in total. The zero-order valence-corrected chi connectivity index (χ0v) is 15.3. The molecule has 0 unspecified atom stereocenters. The molecule has 0 amide bonds. The average Bonchev–Trinajstić information content (AvgIpc) is 3.12. The number of methoxy groups -OCH3 is 1. The van der Waals surface area contributed by atoms with Crippen LogP contribution >= 0.6 is 0 Å². The van der Waals surface area contributed by atoms with E-state index < -0.39 is 10.0 Å². The summed E-state index contributed by atoms with van der Waals surface area (Å²) in [6, 6.07) is 7.44. The molecule has 2 heterocycles. The van der Waals surface area contributed by atoms with Crippen LogP contribution in [0.1, 0.15) is 38.0 Å². The molecule has 1 aliphatic heterocycles. The number of rotatable bonds is 6. The maximum Gasteiger partial charge on any atom is 0.231 e. The molecule has 1 atom stereocenters. The van der Waals surface area contributed by atoms with Gasteiger partial charge in [0.1, 0.15) is 5.75 Å². The van der Waals surface area contributed by atoms with Gasteiger partial charge in [-0.3, -0.25) is 0 Å². The van der Waals surface area contributed by atoms with E-state index in [0.29, 0.717) is 31.2 Å². The van der Waals surface area contributed by atoms with E-state index in [1.165, 1.54) is 0 Å². The number of ether oxygens (including phenoxy) is 1. The first kappa shape index (κ1) is 17.9. The highest BCUT2D eigenvalue weighted by Gasteiger charge is 2.31. The molecule has 1 aliphatic rings.